The molecule has 0 radical (unpaired) electrons. The summed E-state index contributed by atoms with van der Waals surface area (Å²) >= 11 is 0. The third-order valence-electron chi connectivity index (χ3n) is 3.63. The predicted octanol–water partition coefficient (Wildman–Crippen LogP) is 0.767. The molecule has 1 heterocycles. The molecular formula is C17H29N7. The van der Waals surface area contributed by atoms with Gasteiger partial charge in [0.2, 0.25) is 5.96 Å². The highest BCUT2D eigenvalue weighted by Crippen LogP contribution is 2.02. The predicted molar refractivity (Wildman–Crippen MR) is 96.7 cm³/mol. The molecular weight excluding hydrogens is 302 g/mol. The van der Waals surface area contributed by atoms with Crippen LogP contribution in [-0.2, 0) is 6.42 Å². The van der Waals surface area contributed by atoms with E-state index in [4.69, 9.17) is 5.41 Å². The van der Waals surface area contributed by atoms with Gasteiger partial charge >= 0.3 is 0 Å². The fourth-order valence-electron chi connectivity index (χ4n) is 2.11. The quantitative estimate of drug-likeness (QED) is 0.312. The van der Waals surface area contributed by atoms with Gasteiger partial charge in [-0.25, -0.2) is 4.90 Å². The van der Waals surface area contributed by atoms with E-state index in [0.717, 1.165) is 31.9 Å². The molecule has 24 heavy (non-hydrogen) atoms. The normalized spacial score (nSPS) is 10.7. The lowest BCUT2D eigenvalue weighted by Crippen LogP contribution is -2.47. The second-order valence-electron chi connectivity index (χ2n) is 6.24. The van der Waals surface area contributed by atoms with Crippen molar-refractivity contribution in [3.8, 4) is 6.19 Å². The Bertz CT molecular complexity index is 509. The van der Waals surface area contributed by atoms with Crippen LogP contribution in [0.25, 0.3) is 0 Å². The number of hydrogen-bond donors (Lipinski definition) is 1. The second kappa shape index (κ2) is 10.6. The molecule has 0 saturated carbocycles. The molecule has 1 N–H and O–H groups in total. The number of rotatable bonds is 9. The summed E-state index contributed by atoms with van der Waals surface area (Å²) in [7, 11) is 8.04. The van der Waals surface area contributed by atoms with E-state index < -0.39 is 0 Å². The number of guanidine groups is 1. The lowest BCUT2D eigenvalue weighted by molar-refractivity contribution is 0.276. The van der Waals surface area contributed by atoms with Crippen molar-refractivity contribution in [2.75, 3.05) is 60.9 Å². The maximum atomic E-state index is 9.45. The van der Waals surface area contributed by atoms with Crippen LogP contribution >= 0.6 is 0 Å². The van der Waals surface area contributed by atoms with Crippen molar-refractivity contribution in [1.82, 2.24) is 24.6 Å². The van der Waals surface area contributed by atoms with Crippen LogP contribution in [0.4, 0.5) is 0 Å². The Kier molecular flexibility index (Phi) is 8.76. The number of likely N-dealkylation sites (N-methyl/N-ethyl adjacent to an activating group) is 2. The zero-order chi connectivity index (χ0) is 17.9. The minimum atomic E-state index is 0.261. The zero-order valence-corrected chi connectivity index (χ0v) is 15.2. The maximum absolute atomic E-state index is 9.45. The average molecular weight is 331 g/mol. The van der Waals surface area contributed by atoms with Crippen molar-refractivity contribution in [2.24, 2.45) is 0 Å². The third-order valence-corrected chi connectivity index (χ3v) is 3.63. The van der Waals surface area contributed by atoms with Gasteiger partial charge in [0.15, 0.2) is 6.19 Å². The van der Waals surface area contributed by atoms with Crippen molar-refractivity contribution in [2.45, 2.75) is 6.42 Å². The van der Waals surface area contributed by atoms with Crippen molar-refractivity contribution >= 4 is 5.96 Å². The van der Waals surface area contributed by atoms with E-state index in [-0.39, 0.29) is 5.96 Å². The summed E-state index contributed by atoms with van der Waals surface area (Å²) < 4.78 is 0. The van der Waals surface area contributed by atoms with Gasteiger partial charge in [0.1, 0.15) is 0 Å². The standard InChI is InChI=1S/C17H29N7/c1-21(2)11-13-23(14-12-22(3)4)17(19)24(15-18)10-8-16-7-5-6-9-20-16/h5-7,9,19H,8,10-14H2,1-4H3. The fraction of sp³-hybridized carbons (Fsp3) is 0.588. The first-order valence-corrected chi connectivity index (χ1v) is 8.14. The fourth-order valence-corrected chi connectivity index (χ4v) is 2.11. The van der Waals surface area contributed by atoms with E-state index in [0.29, 0.717) is 13.0 Å². The van der Waals surface area contributed by atoms with E-state index in [2.05, 4.69) is 21.0 Å². The summed E-state index contributed by atoms with van der Waals surface area (Å²) in [4.78, 5) is 11.8. The number of nitriles is 1. The molecule has 0 unspecified atom stereocenters. The van der Waals surface area contributed by atoms with E-state index in [1.807, 2.05) is 51.3 Å². The smallest absolute Gasteiger partial charge is 0.207 e. The minimum Gasteiger partial charge on any atom is -0.340 e. The summed E-state index contributed by atoms with van der Waals surface area (Å²) in [6.45, 7) is 3.60. The third kappa shape index (κ3) is 7.40. The zero-order valence-electron chi connectivity index (χ0n) is 15.2. The number of pyridine rings is 1. The van der Waals surface area contributed by atoms with Crippen molar-refractivity contribution in [3.63, 3.8) is 0 Å². The first kappa shape index (κ1) is 19.9. The molecule has 0 bridgehead atoms. The van der Waals surface area contributed by atoms with Crippen LogP contribution < -0.4 is 0 Å². The highest BCUT2D eigenvalue weighted by molar-refractivity contribution is 5.78. The van der Waals surface area contributed by atoms with Crippen molar-refractivity contribution in [1.29, 1.82) is 10.7 Å². The minimum absolute atomic E-state index is 0.261. The number of nitrogens with one attached hydrogen (secondary N) is 1. The van der Waals surface area contributed by atoms with Crippen LogP contribution in [0.15, 0.2) is 24.4 Å². The molecule has 1 rings (SSSR count). The Labute approximate surface area is 145 Å². The summed E-state index contributed by atoms with van der Waals surface area (Å²) in [5.41, 5.74) is 0.929. The topological polar surface area (TPSA) is 73.5 Å². The summed E-state index contributed by atoms with van der Waals surface area (Å²) in [5.74, 6) is 0.261. The van der Waals surface area contributed by atoms with Gasteiger partial charge in [-0.1, -0.05) is 6.07 Å². The molecule has 0 saturated heterocycles. The SMILES string of the molecule is CN(C)CCN(CCN(C)C)C(=N)N(C#N)CCc1ccccn1. The summed E-state index contributed by atoms with van der Waals surface area (Å²) in [6, 6.07) is 5.75. The van der Waals surface area contributed by atoms with Crippen LogP contribution in [-0.4, -0.2) is 91.5 Å². The maximum Gasteiger partial charge on any atom is 0.207 e. The van der Waals surface area contributed by atoms with E-state index >= 15 is 0 Å². The lowest BCUT2D eigenvalue weighted by Gasteiger charge is -2.31. The van der Waals surface area contributed by atoms with Gasteiger partial charge in [-0.05, 0) is 40.3 Å². The molecule has 1 aromatic rings. The Morgan fingerprint density at radius 1 is 1.04 bits per heavy atom. The Hall–Kier alpha value is -2.17. The van der Waals surface area contributed by atoms with Gasteiger partial charge in [0, 0.05) is 51.0 Å². The molecule has 0 aliphatic heterocycles. The molecule has 0 aliphatic carbocycles. The van der Waals surface area contributed by atoms with Crippen molar-refractivity contribution in [3.05, 3.63) is 30.1 Å². The lowest BCUT2D eigenvalue weighted by atomic mass is 10.2. The highest BCUT2D eigenvalue weighted by Gasteiger charge is 2.17. The number of aromatic nitrogens is 1. The largest absolute Gasteiger partial charge is 0.340 e. The van der Waals surface area contributed by atoms with Gasteiger partial charge in [0.25, 0.3) is 0 Å². The number of hydrogen-bond acceptors (Lipinski definition) is 5. The second-order valence-corrected chi connectivity index (χ2v) is 6.24. The van der Waals surface area contributed by atoms with Crippen LogP contribution in [0.3, 0.4) is 0 Å². The van der Waals surface area contributed by atoms with Crippen molar-refractivity contribution < 1.29 is 0 Å². The van der Waals surface area contributed by atoms with E-state index in [1.165, 1.54) is 4.90 Å². The molecule has 7 nitrogen and oxygen atoms in total. The first-order chi connectivity index (χ1) is 11.4. The molecule has 0 aromatic carbocycles. The molecule has 7 heteroatoms. The van der Waals surface area contributed by atoms with Gasteiger partial charge in [-0.2, -0.15) is 5.26 Å². The van der Waals surface area contributed by atoms with Gasteiger partial charge in [-0.15, -0.1) is 0 Å². The van der Waals surface area contributed by atoms with Gasteiger partial charge in [-0.3, -0.25) is 10.4 Å². The van der Waals surface area contributed by atoms with Gasteiger partial charge < -0.3 is 14.7 Å². The summed E-state index contributed by atoms with van der Waals surface area (Å²) in [6.07, 6.45) is 4.53. The molecule has 0 spiro atoms. The van der Waals surface area contributed by atoms with Crippen LogP contribution in [0.2, 0.25) is 0 Å². The molecule has 132 valence electrons. The molecule has 1 aromatic heterocycles. The monoisotopic (exact) mass is 331 g/mol. The molecule has 0 aliphatic rings. The Morgan fingerprint density at radius 2 is 1.67 bits per heavy atom. The Balaban J connectivity index is 2.67. The molecule has 0 amide bonds. The molecule has 0 fully saturated rings. The molecule has 0 atom stereocenters. The summed E-state index contributed by atoms with van der Waals surface area (Å²) in [5, 5.41) is 17.9. The van der Waals surface area contributed by atoms with Crippen LogP contribution in [0.1, 0.15) is 5.69 Å². The van der Waals surface area contributed by atoms with E-state index in [9.17, 15) is 5.26 Å². The average Bonchev–Trinajstić information content (AvgIpc) is 2.55. The van der Waals surface area contributed by atoms with Crippen LogP contribution in [0, 0.1) is 16.9 Å². The number of nitrogens with zero attached hydrogens (tertiary/aromatic N) is 6. The van der Waals surface area contributed by atoms with Crippen LogP contribution in [0.5, 0.6) is 0 Å². The first-order valence-electron chi connectivity index (χ1n) is 8.14. The Morgan fingerprint density at radius 3 is 2.12 bits per heavy atom. The van der Waals surface area contributed by atoms with E-state index in [1.54, 1.807) is 6.20 Å². The van der Waals surface area contributed by atoms with Gasteiger partial charge in [0.05, 0.1) is 0 Å². The highest BCUT2D eigenvalue weighted by atomic mass is 15.4.